The van der Waals surface area contributed by atoms with Gasteiger partial charge < -0.3 is 14.8 Å². The molecular formula is C32H31N5OS. The Morgan fingerprint density at radius 3 is 2.41 bits per heavy atom. The molecule has 1 aliphatic rings. The lowest BCUT2D eigenvalue weighted by Gasteiger charge is -2.31. The van der Waals surface area contributed by atoms with E-state index in [0.29, 0.717) is 6.54 Å². The molecule has 39 heavy (non-hydrogen) atoms. The van der Waals surface area contributed by atoms with Crippen LogP contribution in [0.5, 0.6) is 0 Å². The van der Waals surface area contributed by atoms with Crippen LogP contribution in [0.2, 0.25) is 0 Å². The maximum atomic E-state index is 14.1. The van der Waals surface area contributed by atoms with E-state index < -0.39 is 0 Å². The minimum Gasteiger partial charge on any atom is -0.308 e. The molecule has 0 radical (unpaired) electrons. The summed E-state index contributed by atoms with van der Waals surface area (Å²) in [5.41, 5.74) is 7.00. The van der Waals surface area contributed by atoms with E-state index in [1.807, 2.05) is 52.9 Å². The second kappa shape index (κ2) is 10.5. The maximum Gasteiger partial charge on any atom is 0.322 e. The van der Waals surface area contributed by atoms with E-state index in [4.69, 9.17) is 5.10 Å². The topological polar surface area (TPSA) is 55.1 Å². The predicted molar refractivity (Wildman–Crippen MR) is 158 cm³/mol. The van der Waals surface area contributed by atoms with Crippen molar-refractivity contribution in [2.45, 2.75) is 37.8 Å². The van der Waals surface area contributed by atoms with E-state index in [-0.39, 0.29) is 12.1 Å². The van der Waals surface area contributed by atoms with Crippen molar-refractivity contribution in [1.82, 2.24) is 19.2 Å². The number of hydrogen-bond acceptors (Lipinski definition) is 3. The van der Waals surface area contributed by atoms with Gasteiger partial charge in [-0.25, -0.2) is 9.48 Å². The Morgan fingerprint density at radius 2 is 1.72 bits per heavy atom. The first-order chi connectivity index (χ1) is 19.1. The molecule has 0 spiro atoms. The van der Waals surface area contributed by atoms with Gasteiger partial charge in [-0.2, -0.15) is 5.10 Å². The fourth-order valence-electron chi connectivity index (χ4n) is 5.31. The van der Waals surface area contributed by atoms with Gasteiger partial charge in [0.05, 0.1) is 29.7 Å². The molecule has 6 nitrogen and oxygen atoms in total. The summed E-state index contributed by atoms with van der Waals surface area (Å²) in [6, 6.07) is 30.5. The third-order valence-electron chi connectivity index (χ3n) is 7.39. The number of para-hydroxylation sites is 1. The Morgan fingerprint density at radius 1 is 0.974 bits per heavy atom. The number of carbonyl (C=O) groups excluding carboxylic acids is 1. The zero-order valence-corrected chi connectivity index (χ0v) is 23.2. The molecule has 1 aliphatic heterocycles. The second-order valence-corrected chi connectivity index (χ2v) is 10.6. The van der Waals surface area contributed by atoms with Crippen molar-refractivity contribution in [2.75, 3.05) is 11.6 Å². The molecule has 7 heteroatoms. The monoisotopic (exact) mass is 533 g/mol. The summed E-state index contributed by atoms with van der Waals surface area (Å²) in [6.07, 6.45) is 5.10. The number of benzene rings is 3. The van der Waals surface area contributed by atoms with Crippen LogP contribution in [0.4, 0.5) is 10.5 Å². The highest BCUT2D eigenvalue weighted by molar-refractivity contribution is 7.98. The van der Waals surface area contributed by atoms with E-state index in [9.17, 15) is 4.79 Å². The van der Waals surface area contributed by atoms with Gasteiger partial charge in [-0.15, -0.1) is 11.8 Å². The first-order valence-electron chi connectivity index (χ1n) is 13.2. The number of aromatic nitrogens is 3. The summed E-state index contributed by atoms with van der Waals surface area (Å²) in [5, 5.41) is 8.11. The molecule has 1 N–H and O–H groups in total. The highest BCUT2D eigenvalue weighted by atomic mass is 32.2. The van der Waals surface area contributed by atoms with Crippen molar-refractivity contribution in [3.63, 3.8) is 0 Å². The molecule has 6 rings (SSSR count). The molecule has 1 unspecified atom stereocenters. The molecule has 0 aliphatic carbocycles. The van der Waals surface area contributed by atoms with Crippen LogP contribution in [0.25, 0.3) is 11.5 Å². The van der Waals surface area contributed by atoms with Gasteiger partial charge in [-0.1, -0.05) is 49.4 Å². The van der Waals surface area contributed by atoms with E-state index in [1.54, 1.807) is 11.8 Å². The van der Waals surface area contributed by atoms with Crippen LogP contribution in [0.1, 0.15) is 41.0 Å². The smallest absolute Gasteiger partial charge is 0.308 e. The number of aryl methyl sites for hydroxylation is 2. The molecule has 0 saturated heterocycles. The average Bonchev–Trinajstić information content (AvgIpc) is 3.54. The van der Waals surface area contributed by atoms with Crippen LogP contribution in [-0.2, 0) is 13.0 Å². The highest BCUT2D eigenvalue weighted by Crippen LogP contribution is 2.39. The van der Waals surface area contributed by atoms with Crippen molar-refractivity contribution in [3.05, 3.63) is 125 Å². The van der Waals surface area contributed by atoms with Crippen LogP contribution in [0.15, 0.2) is 102 Å². The van der Waals surface area contributed by atoms with Crippen molar-refractivity contribution >= 4 is 23.5 Å². The van der Waals surface area contributed by atoms with Crippen LogP contribution in [-0.4, -0.2) is 31.5 Å². The number of thioether (sulfide) groups is 1. The number of nitrogens with one attached hydrogen (secondary N) is 1. The Hall–Kier alpha value is -4.23. The first kappa shape index (κ1) is 25.1. The maximum absolute atomic E-state index is 14.1. The molecule has 3 aromatic carbocycles. The lowest BCUT2D eigenvalue weighted by atomic mass is 10.0. The van der Waals surface area contributed by atoms with Crippen molar-refractivity contribution in [1.29, 1.82) is 0 Å². The fraction of sp³-hybridized carbons (Fsp3) is 0.188. The minimum absolute atomic E-state index is 0.148. The number of fused-ring (bicyclic) bond motifs is 3. The molecule has 2 aromatic heterocycles. The standard InChI is InChI=1S/C32H31N5OS/c1-4-23-12-16-25(17-13-23)33-32(38)36-21-28-22(2)34-37(26-9-6-5-7-10-26)31(28)35-20-8-11-29(35)30(36)24-14-18-27(39-3)19-15-24/h5-20,30H,4,21H2,1-3H3,(H,33,38). The second-order valence-electron chi connectivity index (χ2n) is 9.72. The van der Waals surface area contributed by atoms with Gasteiger partial charge in [0.25, 0.3) is 0 Å². The molecule has 5 aromatic rings. The summed E-state index contributed by atoms with van der Waals surface area (Å²) >= 11 is 1.71. The van der Waals surface area contributed by atoms with Gasteiger partial charge in [0.15, 0.2) is 0 Å². The quantitative estimate of drug-likeness (QED) is 0.240. The zero-order chi connectivity index (χ0) is 26.9. The molecule has 196 valence electrons. The van der Waals surface area contributed by atoms with Gasteiger partial charge >= 0.3 is 6.03 Å². The number of hydrogen-bond donors (Lipinski definition) is 1. The van der Waals surface area contributed by atoms with Crippen LogP contribution < -0.4 is 5.32 Å². The fourth-order valence-corrected chi connectivity index (χ4v) is 5.71. The molecule has 0 saturated carbocycles. The van der Waals surface area contributed by atoms with Crippen LogP contribution in [0.3, 0.4) is 0 Å². The predicted octanol–water partition coefficient (Wildman–Crippen LogP) is 7.39. The van der Waals surface area contributed by atoms with Gasteiger partial charge in [0.1, 0.15) is 5.82 Å². The SMILES string of the molecule is CCc1ccc(NC(=O)N2Cc3c(C)nn(-c4ccccc4)c3-n3cccc3C2c2ccc(SC)cc2)cc1. The van der Waals surface area contributed by atoms with E-state index in [2.05, 4.69) is 83.9 Å². The highest BCUT2D eigenvalue weighted by Gasteiger charge is 2.36. The van der Waals surface area contributed by atoms with Crippen LogP contribution in [0, 0.1) is 6.92 Å². The minimum atomic E-state index is -0.290. The third kappa shape index (κ3) is 4.63. The number of urea groups is 1. The number of amides is 2. The summed E-state index contributed by atoms with van der Waals surface area (Å²) in [4.78, 5) is 17.2. The molecule has 1 atom stereocenters. The molecule has 2 amide bonds. The van der Waals surface area contributed by atoms with Crippen molar-refractivity contribution in [2.24, 2.45) is 0 Å². The van der Waals surface area contributed by atoms with Crippen molar-refractivity contribution < 1.29 is 4.79 Å². The lowest BCUT2D eigenvalue weighted by molar-refractivity contribution is 0.194. The summed E-state index contributed by atoms with van der Waals surface area (Å²) in [6.45, 7) is 4.57. The summed E-state index contributed by atoms with van der Waals surface area (Å²) < 4.78 is 4.19. The van der Waals surface area contributed by atoms with Gasteiger partial charge in [0, 0.05) is 22.3 Å². The van der Waals surface area contributed by atoms with E-state index in [1.165, 1.54) is 10.5 Å². The Bertz CT molecular complexity index is 1600. The number of nitrogens with zero attached hydrogens (tertiary/aromatic N) is 4. The Labute approximate surface area is 233 Å². The molecular weight excluding hydrogens is 502 g/mol. The Balaban J connectivity index is 1.50. The number of anilines is 1. The molecule has 3 heterocycles. The van der Waals surface area contributed by atoms with Gasteiger partial charge in [-0.05, 0) is 79.3 Å². The van der Waals surface area contributed by atoms with Crippen LogP contribution >= 0.6 is 11.8 Å². The normalized spacial score (nSPS) is 14.4. The van der Waals surface area contributed by atoms with E-state index in [0.717, 1.165) is 46.1 Å². The third-order valence-corrected chi connectivity index (χ3v) is 8.14. The Kier molecular flexibility index (Phi) is 6.75. The zero-order valence-electron chi connectivity index (χ0n) is 22.3. The molecule has 0 bridgehead atoms. The lowest BCUT2D eigenvalue weighted by Crippen LogP contribution is -2.38. The van der Waals surface area contributed by atoms with Crippen molar-refractivity contribution in [3.8, 4) is 11.5 Å². The average molecular weight is 534 g/mol. The summed E-state index contributed by atoms with van der Waals surface area (Å²) in [7, 11) is 0. The van der Waals surface area contributed by atoms with Gasteiger partial charge in [0.2, 0.25) is 0 Å². The number of rotatable bonds is 5. The number of carbonyl (C=O) groups is 1. The summed E-state index contributed by atoms with van der Waals surface area (Å²) in [5.74, 6) is 0.965. The molecule has 0 fully saturated rings. The first-order valence-corrected chi connectivity index (χ1v) is 14.4. The van der Waals surface area contributed by atoms with Gasteiger partial charge in [-0.3, -0.25) is 0 Å². The van der Waals surface area contributed by atoms with E-state index >= 15 is 0 Å². The largest absolute Gasteiger partial charge is 0.322 e.